The summed E-state index contributed by atoms with van der Waals surface area (Å²) in [5.41, 5.74) is 2.29. The Morgan fingerprint density at radius 2 is 1.40 bits per heavy atom. The van der Waals surface area contributed by atoms with Crippen molar-refractivity contribution in [2.45, 2.75) is 0 Å². The molecule has 2 aromatic heterocycles. The van der Waals surface area contributed by atoms with Crippen molar-refractivity contribution in [2.24, 2.45) is 0 Å². The van der Waals surface area contributed by atoms with Crippen molar-refractivity contribution < 1.29 is 53.7 Å². The first-order valence-electron chi connectivity index (χ1n) is 7.53. The number of hydrogen-bond acceptors (Lipinski definition) is 5. The Morgan fingerprint density at radius 1 is 0.900 bits per heavy atom. The first-order valence-corrected chi connectivity index (χ1v) is 7.53. The minimum Gasteiger partial charge on any atom is -0.480 e. The predicted octanol–water partition coefficient (Wildman–Crippen LogP) is -0.918. The quantitative estimate of drug-likeness (QED) is 0.424. The maximum Gasteiger partial charge on any atom is 0.322 e. The summed E-state index contributed by atoms with van der Waals surface area (Å²) in [6.45, 7) is -0.186. The molecule has 30 heavy (non-hydrogen) atoms. The number of allylic oxidation sites excluding steroid dienone is 5. The van der Waals surface area contributed by atoms with Crippen LogP contribution in [0.5, 0.6) is 0 Å². The number of hydrogen-bond donors (Lipinski definition) is 2. The van der Waals surface area contributed by atoms with Crippen LogP contribution in [0.15, 0.2) is 84.9 Å². The number of aliphatic carboxylic acids is 1. The topological polar surface area (TPSA) is 218 Å². The van der Waals surface area contributed by atoms with Gasteiger partial charge in [0.15, 0.2) is 5.78 Å². The van der Waals surface area contributed by atoms with Crippen LogP contribution in [0, 0.1) is 0 Å². The normalized spacial score (nSPS) is 11.6. The van der Waals surface area contributed by atoms with Gasteiger partial charge in [-0.2, -0.15) is 0 Å². The second kappa shape index (κ2) is 19.1. The molecule has 2 aromatic rings. The number of nitrogens with one attached hydrogen (secondary N) is 1. The first-order chi connectivity index (χ1) is 12.2. The number of pyridine rings is 2. The largest absolute Gasteiger partial charge is 0.480 e. The van der Waals surface area contributed by atoms with Crippen LogP contribution in [-0.4, -0.2) is 55.3 Å². The van der Waals surface area contributed by atoms with E-state index in [0.29, 0.717) is 5.57 Å². The van der Waals surface area contributed by atoms with E-state index < -0.39 is 5.97 Å². The summed E-state index contributed by atoms with van der Waals surface area (Å²) in [7, 11) is 0. The molecule has 0 bridgehead atoms. The number of carbonyl (C=O) groups excluding carboxylic acids is 1. The number of ketones is 1. The van der Waals surface area contributed by atoms with Gasteiger partial charge in [0, 0.05) is 41.2 Å². The van der Waals surface area contributed by atoms with Crippen LogP contribution in [0.25, 0.3) is 11.4 Å². The van der Waals surface area contributed by atoms with Crippen molar-refractivity contribution in [2.75, 3.05) is 6.54 Å². The van der Waals surface area contributed by atoms with E-state index in [1.54, 1.807) is 30.6 Å². The fourth-order valence-corrected chi connectivity index (χ4v) is 1.88. The van der Waals surface area contributed by atoms with Gasteiger partial charge >= 0.3 is 5.97 Å². The SMILES string of the molecule is O.O.O.O.O=C(O)CN/C=C1/C=CC=CC1=O.[Cu].c1ccc(-c2ccccn2)nc1. The van der Waals surface area contributed by atoms with Crippen molar-refractivity contribution >= 4 is 11.8 Å². The molecular formula is C19H25CuN3O7. The molecule has 1 radical (unpaired) electrons. The van der Waals surface area contributed by atoms with Crippen molar-refractivity contribution in [3.8, 4) is 11.4 Å². The molecule has 10 nitrogen and oxygen atoms in total. The van der Waals surface area contributed by atoms with Gasteiger partial charge in [0.25, 0.3) is 0 Å². The third kappa shape index (κ3) is 12.3. The molecule has 0 saturated carbocycles. The molecule has 0 unspecified atom stereocenters. The van der Waals surface area contributed by atoms with Gasteiger partial charge in [0.1, 0.15) is 6.54 Å². The van der Waals surface area contributed by atoms with E-state index in [4.69, 9.17) is 5.11 Å². The number of carboxylic acids is 1. The van der Waals surface area contributed by atoms with E-state index in [0.717, 1.165) is 11.4 Å². The number of aromatic nitrogens is 2. The number of rotatable bonds is 4. The molecule has 3 rings (SSSR count). The summed E-state index contributed by atoms with van der Waals surface area (Å²) < 4.78 is 0. The molecule has 0 aromatic carbocycles. The Kier molecular flexibility index (Phi) is 21.9. The number of carboxylic acid groups (broad SMARTS) is 1. The van der Waals surface area contributed by atoms with E-state index in [9.17, 15) is 9.59 Å². The minimum atomic E-state index is -0.959. The van der Waals surface area contributed by atoms with Crippen molar-refractivity contribution in [3.63, 3.8) is 0 Å². The van der Waals surface area contributed by atoms with Crippen LogP contribution in [-0.2, 0) is 26.7 Å². The summed E-state index contributed by atoms with van der Waals surface area (Å²) in [5, 5.41) is 10.8. The third-order valence-electron chi connectivity index (χ3n) is 3.02. The molecule has 0 amide bonds. The summed E-state index contributed by atoms with van der Waals surface area (Å²) in [4.78, 5) is 29.6. The summed E-state index contributed by atoms with van der Waals surface area (Å²) in [5.74, 6) is -1.08. The van der Waals surface area contributed by atoms with Crippen LogP contribution in [0.1, 0.15) is 0 Å². The zero-order valence-corrected chi connectivity index (χ0v) is 16.6. The molecule has 0 fully saturated rings. The van der Waals surface area contributed by atoms with Crippen LogP contribution >= 0.6 is 0 Å². The van der Waals surface area contributed by atoms with Gasteiger partial charge in [0.2, 0.25) is 0 Å². The molecule has 1 aliphatic rings. The second-order valence-corrected chi connectivity index (χ2v) is 4.89. The van der Waals surface area contributed by atoms with E-state index in [1.807, 2.05) is 36.4 Å². The minimum absolute atomic E-state index is 0. The summed E-state index contributed by atoms with van der Waals surface area (Å²) in [6, 6.07) is 11.6. The molecule has 1 aliphatic carbocycles. The second-order valence-electron chi connectivity index (χ2n) is 4.89. The van der Waals surface area contributed by atoms with E-state index >= 15 is 0 Å². The smallest absolute Gasteiger partial charge is 0.322 e. The summed E-state index contributed by atoms with van der Waals surface area (Å²) >= 11 is 0. The molecule has 11 heteroatoms. The van der Waals surface area contributed by atoms with E-state index in [2.05, 4.69) is 15.3 Å². The van der Waals surface area contributed by atoms with Gasteiger partial charge in [-0.3, -0.25) is 19.6 Å². The van der Waals surface area contributed by atoms with Crippen LogP contribution < -0.4 is 5.32 Å². The van der Waals surface area contributed by atoms with Gasteiger partial charge in [-0.15, -0.1) is 0 Å². The Morgan fingerprint density at radius 3 is 1.80 bits per heavy atom. The van der Waals surface area contributed by atoms with Crippen LogP contribution in [0.2, 0.25) is 0 Å². The Labute approximate surface area is 183 Å². The van der Waals surface area contributed by atoms with Gasteiger partial charge in [-0.1, -0.05) is 24.3 Å². The number of nitrogens with zero attached hydrogens (tertiary/aromatic N) is 2. The Balaban J connectivity index is -0.000000193. The van der Waals surface area contributed by atoms with Gasteiger partial charge in [0.05, 0.1) is 11.4 Å². The van der Waals surface area contributed by atoms with E-state index in [-0.39, 0.29) is 51.3 Å². The monoisotopic (exact) mass is 470 g/mol. The van der Waals surface area contributed by atoms with Crippen molar-refractivity contribution in [1.82, 2.24) is 15.3 Å². The van der Waals surface area contributed by atoms with E-state index in [1.165, 1.54) is 12.3 Å². The zero-order chi connectivity index (χ0) is 17.9. The van der Waals surface area contributed by atoms with Crippen molar-refractivity contribution in [3.05, 3.63) is 84.9 Å². The Bertz CT molecular complexity index is 776. The molecular weight excluding hydrogens is 446 g/mol. The van der Waals surface area contributed by atoms with Crippen LogP contribution in [0.4, 0.5) is 0 Å². The van der Waals surface area contributed by atoms with Crippen molar-refractivity contribution in [1.29, 1.82) is 0 Å². The molecule has 0 saturated heterocycles. The molecule has 169 valence electrons. The molecule has 0 atom stereocenters. The maximum absolute atomic E-state index is 11.1. The average molecular weight is 471 g/mol. The number of carbonyl (C=O) groups is 2. The fourth-order valence-electron chi connectivity index (χ4n) is 1.88. The van der Waals surface area contributed by atoms with Gasteiger partial charge < -0.3 is 32.3 Å². The summed E-state index contributed by atoms with van der Waals surface area (Å²) in [6.07, 6.45) is 11.3. The standard InChI is InChI=1S/C10H8N2.C9H9NO3.Cu.4H2O/c1-3-7-11-9(5-1)10-6-2-4-8-12-10;11-8-4-2-1-3-7(8)5-10-6-9(12)13;;;;;/h1-8H;1-5,10H,6H2,(H,12,13);;4*1H2/b;7-5-;;;;;. The van der Waals surface area contributed by atoms with Gasteiger partial charge in [-0.25, -0.2) is 0 Å². The average Bonchev–Trinajstić information content (AvgIpc) is 2.65. The molecule has 0 aliphatic heterocycles. The zero-order valence-electron chi connectivity index (χ0n) is 15.7. The molecule has 2 heterocycles. The third-order valence-corrected chi connectivity index (χ3v) is 3.02. The molecule has 10 N–H and O–H groups in total. The van der Waals surface area contributed by atoms with Gasteiger partial charge in [-0.05, 0) is 36.4 Å². The van der Waals surface area contributed by atoms with Crippen LogP contribution in [0.3, 0.4) is 0 Å². The first kappa shape index (κ1) is 34.3. The fraction of sp³-hybridized carbons (Fsp3) is 0.0526. The Hall–Kier alpha value is -3.18. The predicted molar refractivity (Wildman–Crippen MR) is 109 cm³/mol. The maximum atomic E-state index is 11.1. The molecule has 0 spiro atoms.